The zero-order chi connectivity index (χ0) is 15.7. The minimum atomic E-state index is 0.511. The van der Waals surface area contributed by atoms with Crippen LogP contribution in [0.5, 0.6) is 0 Å². The Labute approximate surface area is 122 Å². The lowest BCUT2D eigenvalue weighted by atomic mass is 10.3. The van der Waals surface area contributed by atoms with Crippen LogP contribution < -0.4 is 11.5 Å². The molecule has 0 aromatic carbocycles. The third kappa shape index (κ3) is 7.87. The lowest BCUT2D eigenvalue weighted by Gasteiger charge is -2.25. The van der Waals surface area contributed by atoms with Crippen molar-refractivity contribution in [2.75, 3.05) is 27.2 Å². The summed E-state index contributed by atoms with van der Waals surface area (Å²) >= 11 is 0. The molecule has 20 heavy (non-hydrogen) atoms. The van der Waals surface area contributed by atoms with E-state index >= 15 is 0 Å². The van der Waals surface area contributed by atoms with E-state index in [1.807, 2.05) is 36.0 Å². The number of nitrogens with two attached hydrogens (primary N) is 2. The van der Waals surface area contributed by atoms with E-state index in [2.05, 4.69) is 26.3 Å². The first-order valence-electron chi connectivity index (χ1n) is 6.29. The summed E-state index contributed by atoms with van der Waals surface area (Å²) in [5.41, 5.74) is 13.7. The quantitative estimate of drug-likeness (QED) is 0.631. The van der Waals surface area contributed by atoms with Gasteiger partial charge in [-0.3, -0.25) is 0 Å². The molecule has 0 amide bonds. The summed E-state index contributed by atoms with van der Waals surface area (Å²) < 4.78 is 0. The molecule has 0 saturated heterocycles. The van der Waals surface area contributed by atoms with Crippen LogP contribution in [0.15, 0.2) is 73.4 Å². The van der Waals surface area contributed by atoms with E-state index in [0.717, 1.165) is 24.5 Å². The monoisotopic (exact) mass is 274 g/mol. The Morgan fingerprint density at radius 3 is 1.30 bits per heavy atom. The highest BCUT2D eigenvalue weighted by Crippen LogP contribution is 2.05. The molecule has 0 radical (unpaired) electrons. The van der Waals surface area contributed by atoms with Gasteiger partial charge in [-0.2, -0.15) is 0 Å². The lowest BCUT2D eigenvalue weighted by molar-refractivity contribution is 0.343. The minimum Gasteiger partial charge on any atom is -0.399 e. The van der Waals surface area contributed by atoms with E-state index in [-0.39, 0.29) is 0 Å². The van der Waals surface area contributed by atoms with Gasteiger partial charge < -0.3 is 21.3 Å². The zero-order valence-corrected chi connectivity index (χ0v) is 12.6. The van der Waals surface area contributed by atoms with Gasteiger partial charge in [0, 0.05) is 50.0 Å². The van der Waals surface area contributed by atoms with Crippen molar-refractivity contribution in [3.05, 3.63) is 73.4 Å². The second-order valence-electron chi connectivity index (χ2n) is 4.64. The average Bonchev–Trinajstić information content (AvgIpc) is 2.38. The van der Waals surface area contributed by atoms with E-state index < -0.39 is 0 Å². The van der Waals surface area contributed by atoms with Gasteiger partial charge in [0.15, 0.2) is 0 Å². The Morgan fingerprint density at radius 2 is 1.05 bits per heavy atom. The van der Waals surface area contributed by atoms with Gasteiger partial charge in [0.25, 0.3) is 0 Å². The van der Waals surface area contributed by atoms with Crippen LogP contribution in [0, 0.1) is 0 Å². The Kier molecular flexibility index (Phi) is 7.67. The topological polar surface area (TPSA) is 58.5 Å². The van der Waals surface area contributed by atoms with Gasteiger partial charge in [-0.15, -0.1) is 0 Å². The van der Waals surface area contributed by atoms with Crippen LogP contribution in [0.25, 0.3) is 0 Å². The van der Waals surface area contributed by atoms with Gasteiger partial charge in [0.2, 0.25) is 0 Å². The SMILES string of the molecule is C=C(N)/C=C\C(=C)N(C)CCN(C)C(=C)/C=C\C(=C)N. The van der Waals surface area contributed by atoms with Crippen LogP contribution in [0.3, 0.4) is 0 Å². The van der Waals surface area contributed by atoms with E-state index in [1.165, 1.54) is 0 Å². The third-order valence-electron chi connectivity index (χ3n) is 2.73. The summed E-state index contributed by atoms with van der Waals surface area (Å²) in [6.07, 6.45) is 7.15. The van der Waals surface area contributed by atoms with Crippen molar-refractivity contribution in [3.8, 4) is 0 Å². The summed E-state index contributed by atoms with van der Waals surface area (Å²) in [5, 5.41) is 0. The van der Waals surface area contributed by atoms with E-state index in [9.17, 15) is 0 Å². The maximum Gasteiger partial charge on any atom is 0.0350 e. The Hall–Kier alpha value is -2.36. The molecular weight excluding hydrogens is 248 g/mol. The standard InChI is InChI=1S/C16H26N4/c1-13(17)7-9-15(3)19(5)11-12-20(6)16(4)10-8-14(2)18/h7-10H,1-4,11-12,17-18H2,5-6H3/b9-7-,10-8-. The molecule has 0 rings (SSSR count). The highest BCUT2D eigenvalue weighted by molar-refractivity contribution is 5.22. The largest absolute Gasteiger partial charge is 0.399 e. The van der Waals surface area contributed by atoms with Crippen molar-refractivity contribution in [2.45, 2.75) is 0 Å². The fraction of sp³-hybridized carbons (Fsp3) is 0.250. The first kappa shape index (κ1) is 17.6. The highest BCUT2D eigenvalue weighted by Gasteiger charge is 2.03. The first-order chi connectivity index (χ1) is 9.23. The molecule has 0 fully saturated rings. The summed E-state index contributed by atoms with van der Waals surface area (Å²) in [5.74, 6) is 0. The summed E-state index contributed by atoms with van der Waals surface area (Å²) in [7, 11) is 3.94. The number of rotatable bonds is 9. The van der Waals surface area contributed by atoms with Crippen molar-refractivity contribution in [1.82, 2.24) is 9.80 Å². The molecule has 4 heteroatoms. The van der Waals surface area contributed by atoms with Gasteiger partial charge in [0.05, 0.1) is 0 Å². The van der Waals surface area contributed by atoms with Gasteiger partial charge in [-0.05, 0) is 24.3 Å². The Balaban J connectivity index is 4.27. The predicted molar refractivity (Wildman–Crippen MR) is 88.5 cm³/mol. The van der Waals surface area contributed by atoms with Crippen molar-refractivity contribution < 1.29 is 0 Å². The van der Waals surface area contributed by atoms with Crippen LogP contribution >= 0.6 is 0 Å². The van der Waals surface area contributed by atoms with Gasteiger partial charge in [-0.25, -0.2) is 0 Å². The van der Waals surface area contributed by atoms with Gasteiger partial charge in [-0.1, -0.05) is 26.3 Å². The summed E-state index contributed by atoms with van der Waals surface area (Å²) in [6, 6.07) is 0. The van der Waals surface area contributed by atoms with E-state index in [4.69, 9.17) is 11.5 Å². The Bertz CT molecular complexity index is 401. The van der Waals surface area contributed by atoms with E-state index in [1.54, 1.807) is 12.2 Å². The molecule has 0 spiro atoms. The van der Waals surface area contributed by atoms with Gasteiger partial charge >= 0.3 is 0 Å². The minimum absolute atomic E-state index is 0.511. The summed E-state index contributed by atoms with van der Waals surface area (Å²) in [6.45, 7) is 16.8. The van der Waals surface area contributed by atoms with Crippen LogP contribution in [-0.2, 0) is 0 Å². The lowest BCUT2D eigenvalue weighted by Crippen LogP contribution is -2.29. The molecule has 0 aliphatic rings. The average molecular weight is 274 g/mol. The molecule has 4 N–H and O–H groups in total. The maximum absolute atomic E-state index is 5.47. The van der Waals surface area contributed by atoms with Crippen LogP contribution in [0.4, 0.5) is 0 Å². The Morgan fingerprint density at radius 1 is 0.750 bits per heavy atom. The highest BCUT2D eigenvalue weighted by atomic mass is 15.2. The number of hydrogen-bond acceptors (Lipinski definition) is 4. The number of likely N-dealkylation sites (N-methyl/N-ethyl adjacent to an activating group) is 2. The van der Waals surface area contributed by atoms with E-state index in [0.29, 0.717) is 11.4 Å². The molecule has 0 aromatic rings. The van der Waals surface area contributed by atoms with Crippen molar-refractivity contribution >= 4 is 0 Å². The van der Waals surface area contributed by atoms with Crippen LogP contribution in [0.1, 0.15) is 0 Å². The number of hydrogen-bond donors (Lipinski definition) is 2. The number of nitrogens with zero attached hydrogens (tertiary/aromatic N) is 2. The van der Waals surface area contributed by atoms with Crippen molar-refractivity contribution in [3.63, 3.8) is 0 Å². The smallest absolute Gasteiger partial charge is 0.0350 e. The molecule has 0 bridgehead atoms. The molecule has 0 heterocycles. The third-order valence-corrected chi connectivity index (χ3v) is 2.73. The fourth-order valence-corrected chi connectivity index (χ4v) is 1.25. The maximum atomic E-state index is 5.47. The van der Waals surface area contributed by atoms with Crippen LogP contribution in [-0.4, -0.2) is 37.0 Å². The molecule has 110 valence electrons. The molecule has 4 nitrogen and oxygen atoms in total. The fourth-order valence-electron chi connectivity index (χ4n) is 1.25. The summed E-state index contributed by atoms with van der Waals surface area (Å²) in [4.78, 5) is 4.07. The molecule has 0 aliphatic carbocycles. The zero-order valence-electron chi connectivity index (χ0n) is 12.6. The molecule has 0 aliphatic heterocycles. The second-order valence-corrected chi connectivity index (χ2v) is 4.64. The number of allylic oxidation sites excluding steroid dienone is 4. The molecular formula is C16H26N4. The van der Waals surface area contributed by atoms with Crippen molar-refractivity contribution in [2.24, 2.45) is 11.5 Å². The normalized spacial score (nSPS) is 10.7. The molecule has 0 saturated carbocycles. The first-order valence-corrected chi connectivity index (χ1v) is 6.29. The molecule has 0 atom stereocenters. The molecule has 0 unspecified atom stereocenters. The predicted octanol–water partition coefficient (Wildman–Crippen LogP) is 1.93. The van der Waals surface area contributed by atoms with Gasteiger partial charge in [0.1, 0.15) is 0 Å². The van der Waals surface area contributed by atoms with Crippen LogP contribution in [0.2, 0.25) is 0 Å². The van der Waals surface area contributed by atoms with Crippen molar-refractivity contribution in [1.29, 1.82) is 0 Å². The second kappa shape index (κ2) is 8.69. The molecule has 0 aromatic heterocycles.